The van der Waals surface area contributed by atoms with E-state index in [1.165, 1.54) is 0 Å². The van der Waals surface area contributed by atoms with Gasteiger partial charge >= 0.3 is 0 Å². The third-order valence-electron chi connectivity index (χ3n) is 4.35. The Kier molecular flexibility index (Phi) is 4.97. The number of amides is 1. The molecule has 0 saturated heterocycles. The van der Waals surface area contributed by atoms with Crippen LogP contribution >= 0.6 is 12.6 Å². The number of carbonyl (C=O) groups excluding carboxylic acids is 1. The van der Waals surface area contributed by atoms with Crippen molar-refractivity contribution < 1.29 is 9.53 Å². The van der Waals surface area contributed by atoms with Crippen molar-refractivity contribution in [3.8, 4) is 5.75 Å². The van der Waals surface area contributed by atoms with Gasteiger partial charge in [-0.15, -0.1) is 0 Å². The summed E-state index contributed by atoms with van der Waals surface area (Å²) in [6.07, 6.45) is 3.47. The highest BCUT2D eigenvalue weighted by atomic mass is 32.1. The van der Waals surface area contributed by atoms with Gasteiger partial charge in [-0.05, 0) is 48.8 Å². The number of hydrogen-bond donors (Lipinski definition) is 2. The minimum absolute atomic E-state index is 0.0947. The zero-order valence-corrected chi connectivity index (χ0v) is 13.1. The molecule has 0 bridgehead atoms. The van der Waals surface area contributed by atoms with Gasteiger partial charge in [0, 0.05) is 17.5 Å². The van der Waals surface area contributed by atoms with E-state index in [0.717, 1.165) is 42.0 Å². The fraction of sp³-hybridized carbons (Fsp3) is 0.562. The van der Waals surface area contributed by atoms with Crippen molar-refractivity contribution in [2.75, 3.05) is 17.7 Å². The molecule has 0 saturated carbocycles. The van der Waals surface area contributed by atoms with E-state index in [1.54, 1.807) is 0 Å². The lowest BCUT2D eigenvalue weighted by Crippen LogP contribution is -2.29. The van der Waals surface area contributed by atoms with E-state index in [2.05, 4.69) is 31.8 Å². The number of nitrogens with one attached hydrogen (secondary N) is 1. The summed E-state index contributed by atoms with van der Waals surface area (Å²) in [5.74, 6) is 1.81. The molecule has 0 aliphatic carbocycles. The van der Waals surface area contributed by atoms with Crippen LogP contribution in [0.25, 0.3) is 0 Å². The summed E-state index contributed by atoms with van der Waals surface area (Å²) in [5.41, 5.74) is 2.22. The predicted molar refractivity (Wildman–Crippen MR) is 85.8 cm³/mol. The number of aryl methyl sites for hydroxylation is 1. The molecule has 0 fully saturated rings. The number of ether oxygens (including phenoxy) is 1. The molecule has 0 aromatic heterocycles. The SMILES string of the molecule is CCC(CC)(CS)COc1ccc2c(c1)CCC(=O)N2. The molecule has 3 nitrogen and oxygen atoms in total. The van der Waals surface area contributed by atoms with Crippen LogP contribution in [0.2, 0.25) is 0 Å². The third kappa shape index (κ3) is 3.29. The molecule has 1 heterocycles. The molecule has 0 spiro atoms. The van der Waals surface area contributed by atoms with Crippen LogP contribution in [0, 0.1) is 5.41 Å². The highest BCUT2D eigenvalue weighted by Gasteiger charge is 2.25. The lowest BCUT2D eigenvalue weighted by Gasteiger charge is -2.29. The van der Waals surface area contributed by atoms with Gasteiger partial charge in [-0.2, -0.15) is 12.6 Å². The normalized spacial score (nSPS) is 14.7. The Labute approximate surface area is 126 Å². The van der Waals surface area contributed by atoms with Crippen molar-refractivity contribution in [1.82, 2.24) is 0 Å². The van der Waals surface area contributed by atoms with Crippen molar-refractivity contribution in [2.24, 2.45) is 5.41 Å². The number of benzene rings is 1. The van der Waals surface area contributed by atoms with Gasteiger partial charge in [-0.3, -0.25) is 4.79 Å². The molecular formula is C16H23NO2S. The summed E-state index contributed by atoms with van der Waals surface area (Å²) >= 11 is 4.47. The van der Waals surface area contributed by atoms with Crippen LogP contribution in [0.5, 0.6) is 5.75 Å². The maximum Gasteiger partial charge on any atom is 0.224 e. The zero-order chi connectivity index (χ0) is 14.6. The van der Waals surface area contributed by atoms with Gasteiger partial charge in [0.05, 0.1) is 6.61 Å². The standard InChI is InChI=1S/C16H23NO2S/c1-3-16(4-2,11-20)10-19-13-6-7-14-12(9-13)5-8-15(18)17-14/h6-7,9,20H,3-5,8,10-11H2,1-2H3,(H,17,18). The van der Waals surface area contributed by atoms with Crippen LogP contribution in [0.4, 0.5) is 5.69 Å². The summed E-state index contributed by atoms with van der Waals surface area (Å²) < 4.78 is 5.98. The van der Waals surface area contributed by atoms with E-state index in [1.807, 2.05) is 18.2 Å². The second-order valence-electron chi connectivity index (χ2n) is 5.52. The molecule has 1 N–H and O–H groups in total. The van der Waals surface area contributed by atoms with Gasteiger partial charge < -0.3 is 10.1 Å². The van der Waals surface area contributed by atoms with E-state index in [-0.39, 0.29) is 11.3 Å². The quantitative estimate of drug-likeness (QED) is 0.785. The van der Waals surface area contributed by atoms with E-state index < -0.39 is 0 Å². The van der Waals surface area contributed by atoms with Crippen molar-refractivity contribution in [2.45, 2.75) is 39.5 Å². The van der Waals surface area contributed by atoms with Crippen molar-refractivity contribution in [1.29, 1.82) is 0 Å². The Morgan fingerprint density at radius 1 is 1.30 bits per heavy atom. The smallest absolute Gasteiger partial charge is 0.224 e. The predicted octanol–water partition coefficient (Wildman–Crippen LogP) is 3.69. The van der Waals surface area contributed by atoms with E-state index in [4.69, 9.17) is 4.74 Å². The van der Waals surface area contributed by atoms with Crippen LogP contribution in [0.15, 0.2) is 18.2 Å². The minimum Gasteiger partial charge on any atom is -0.493 e. The average Bonchev–Trinajstić information content (AvgIpc) is 2.49. The molecule has 0 radical (unpaired) electrons. The Balaban J connectivity index is 2.06. The topological polar surface area (TPSA) is 38.3 Å². The van der Waals surface area contributed by atoms with Gasteiger partial charge in [0.25, 0.3) is 0 Å². The fourth-order valence-corrected chi connectivity index (χ4v) is 2.95. The van der Waals surface area contributed by atoms with Gasteiger partial charge in [0.2, 0.25) is 5.91 Å². The molecule has 2 rings (SSSR count). The molecule has 1 aliphatic rings. The molecule has 1 aromatic carbocycles. The Morgan fingerprint density at radius 3 is 2.70 bits per heavy atom. The summed E-state index contributed by atoms with van der Waals surface area (Å²) in [7, 11) is 0. The number of rotatable bonds is 6. The molecular weight excluding hydrogens is 270 g/mol. The maximum absolute atomic E-state index is 11.3. The Bertz CT molecular complexity index is 475. The first-order valence-corrected chi connectivity index (χ1v) is 7.92. The van der Waals surface area contributed by atoms with E-state index in [9.17, 15) is 4.79 Å². The van der Waals surface area contributed by atoms with Gasteiger partial charge in [0.15, 0.2) is 0 Å². The molecule has 20 heavy (non-hydrogen) atoms. The van der Waals surface area contributed by atoms with Crippen LogP contribution in [-0.4, -0.2) is 18.3 Å². The lowest BCUT2D eigenvalue weighted by molar-refractivity contribution is -0.116. The molecule has 4 heteroatoms. The summed E-state index contributed by atoms with van der Waals surface area (Å²) in [5, 5.41) is 2.89. The molecule has 0 unspecified atom stereocenters. The number of carbonyl (C=O) groups is 1. The highest BCUT2D eigenvalue weighted by Crippen LogP contribution is 2.31. The number of hydrogen-bond acceptors (Lipinski definition) is 3. The summed E-state index contributed by atoms with van der Waals surface area (Å²) in [6.45, 7) is 5.06. The summed E-state index contributed by atoms with van der Waals surface area (Å²) in [6, 6.07) is 5.91. The van der Waals surface area contributed by atoms with Crippen molar-refractivity contribution >= 4 is 24.2 Å². The fourth-order valence-electron chi connectivity index (χ4n) is 2.41. The van der Waals surface area contributed by atoms with Crippen LogP contribution in [0.1, 0.15) is 38.7 Å². The van der Waals surface area contributed by atoms with Crippen LogP contribution < -0.4 is 10.1 Å². The molecule has 1 amide bonds. The monoisotopic (exact) mass is 293 g/mol. The minimum atomic E-state index is 0.0947. The lowest BCUT2D eigenvalue weighted by atomic mass is 9.85. The van der Waals surface area contributed by atoms with Gasteiger partial charge in [-0.1, -0.05) is 13.8 Å². The van der Waals surface area contributed by atoms with Gasteiger partial charge in [0.1, 0.15) is 5.75 Å². The number of anilines is 1. The summed E-state index contributed by atoms with van der Waals surface area (Å²) in [4.78, 5) is 11.3. The molecule has 110 valence electrons. The molecule has 1 aliphatic heterocycles. The second-order valence-corrected chi connectivity index (χ2v) is 5.84. The molecule has 1 aromatic rings. The second kappa shape index (κ2) is 6.53. The highest BCUT2D eigenvalue weighted by molar-refractivity contribution is 7.80. The van der Waals surface area contributed by atoms with E-state index >= 15 is 0 Å². The molecule has 0 atom stereocenters. The van der Waals surface area contributed by atoms with Crippen molar-refractivity contribution in [3.05, 3.63) is 23.8 Å². The zero-order valence-electron chi connectivity index (χ0n) is 12.2. The first kappa shape index (κ1) is 15.2. The maximum atomic E-state index is 11.3. The number of thiol groups is 1. The first-order chi connectivity index (χ1) is 9.62. The first-order valence-electron chi connectivity index (χ1n) is 7.29. The van der Waals surface area contributed by atoms with Crippen molar-refractivity contribution in [3.63, 3.8) is 0 Å². The average molecular weight is 293 g/mol. The van der Waals surface area contributed by atoms with E-state index in [0.29, 0.717) is 13.0 Å². The Morgan fingerprint density at radius 2 is 2.05 bits per heavy atom. The van der Waals surface area contributed by atoms with Crippen LogP contribution in [0.3, 0.4) is 0 Å². The third-order valence-corrected chi connectivity index (χ3v) is 5.02. The largest absolute Gasteiger partial charge is 0.493 e. The van der Waals surface area contributed by atoms with Crippen LogP contribution in [-0.2, 0) is 11.2 Å². The van der Waals surface area contributed by atoms with Gasteiger partial charge in [-0.25, -0.2) is 0 Å². The number of fused-ring (bicyclic) bond motifs is 1. The Hall–Kier alpha value is -1.16.